The quantitative estimate of drug-likeness (QED) is 0.663. The summed E-state index contributed by atoms with van der Waals surface area (Å²) in [7, 11) is 0. The molecule has 0 aliphatic carbocycles. The topological polar surface area (TPSA) is 46.3 Å². The molecule has 1 aliphatic rings. The van der Waals surface area contributed by atoms with Crippen molar-refractivity contribution >= 4 is 40.5 Å². The highest BCUT2D eigenvalue weighted by atomic mass is 35.5. The van der Waals surface area contributed by atoms with Gasteiger partial charge >= 0.3 is 0 Å². The molecular weight excluding hydrogens is 259 g/mol. The van der Waals surface area contributed by atoms with Crippen LogP contribution in [0.4, 0.5) is 11.4 Å². The Morgan fingerprint density at radius 1 is 1.41 bits per heavy atom. The second-order valence-electron chi connectivity index (χ2n) is 4.04. The van der Waals surface area contributed by atoms with Crippen molar-refractivity contribution in [3.05, 3.63) is 34.8 Å². The van der Waals surface area contributed by atoms with Gasteiger partial charge in [0.1, 0.15) is 0 Å². The summed E-state index contributed by atoms with van der Waals surface area (Å²) in [4.78, 5) is 13.5. The number of hydrogen-bond donors (Lipinski definition) is 1. The van der Waals surface area contributed by atoms with E-state index in [-0.39, 0.29) is 11.8 Å². The number of benzene rings is 1. The van der Waals surface area contributed by atoms with Crippen LogP contribution in [0.3, 0.4) is 0 Å². The minimum atomic E-state index is 0.00321. The van der Waals surface area contributed by atoms with Gasteiger partial charge in [-0.05, 0) is 12.1 Å². The van der Waals surface area contributed by atoms with E-state index in [0.29, 0.717) is 34.4 Å². The van der Waals surface area contributed by atoms with Gasteiger partial charge in [-0.15, -0.1) is 6.58 Å². The Bertz CT molecular complexity index is 464. The van der Waals surface area contributed by atoms with E-state index in [9.17, 15) is 4.79 Å². The Hall–Kier alpha value is -1.19. The lowest BCUT2D eigenvalue weighted by Gasteiger charge is -2.19. The standard InChI is InChI=1S/C12H12Cl2N2O/c1-2-7-3-11(17)16(6-7)12-9(13)4-8(15)5-10(12)14/h2,4-5,7H,1,3,6,15H2. The maximum absolute atomic E-state index is 11.9. The van der Waals surface area contributed by atoms with Gasteiger partial charge in [0.15, 0.2) is 0 Å². The van der Waals surface area contributed by atoms with Crippen LogP contribution >= 0.6 is 23.2 Å². The van der Waals surface area contributed by atoms with E-state index >= 15 is 0 Å². The van der Waals surface area contributed by atoms with Gasteiger partial charge in [-0.2, -0.15) is 0 Å². The van der Waals surface area contributed by atoms with Crippen molar-refractivity contribution < 1.29 is 4.79 Å². The normalized spacial score (nSPS) is 19.8. The fourth-order valence-corrected chi connectivity index (χ4v) is 2.66. The molecule has 2 rings (SSSR count). The van der Waals surface area contributed by atoms with Gasteiger partial charge in [-0.3, -0.25) is 4.79 Å². The van der Waals surface area contributed by atoms with Crippen LogP contribution in [0.2, 0.25) is 10.0 Å². The summed E-state index contributed by atoms with van der Waals surface area (Å²) in [5.41, 5.74) is 6.65. The second kappa shape index (κ2) is 4.59. The van der Waals surface area contributed by atoms with Crippen molar-refractivity contribution in [3.63, 3.8) is 0 Å². The number of halogens is 2. The Balaban J connectivity index is 2.41. The van der Waals surface area contributed by atoms with E-state index in [0.717, 1.165) is 0 Å². The maximum Gasteiger partial charge on any atom is 0.227 e. The Morgan fingerprint density at radius 3 is 2.47 bits per heavy atom. The molecule has 2 N–H and O–H groups in total. The molecule has 1 aliphatic heterocycles. The molecule has 90 valence electrons. The van der Waals surface area contributed by atoms with Gasteiger partial charge in [0.2, 0.25) is 5.91 Å². The minimum Gasteiger partial charge on any atom is -0.399 e. The number of amides is 1. The van der Waals surface area contributed by atoms with Crippen molar-refractivity contribution in [2.45, 2.75) is 6.42 Å². The zero-order valence-electron chi connectivity index (χ0n) is 9.12. The molecule has 0 aromatic heterocycles. The predicted octanol–water partition coefficient (Wildman–Crippen LogP) is 3.11. The van der Waals surface area contributed by atoms with E-state index in [1.54, 1.807) is 23.1 Å². The summed E-state index contributed by atoms with van der Waals surface area (Å²) in [6.45, 7) is 4.26. The molecule has 1 fully saturated rings. The Kier molecular flexibility index (Phi) is 3.31. The lowest BCUT2D eigenvalue weighted by Crippen LogP contribution is -2.25. The van der Waals surface area contributed by atoms with E-state index in [1.807, 2.05) is 0 Å². The average Bonchev–Trinajstić information content (AvgIpc) is 2.59. The third kappa shape index (κ3) is 2.26. The summed E-state index contributed by atoms with van der Waals surface area (Å²) in [6.07, 6.45) is 2.22. The number of carbonyl (C=O) groups is 1. The molecule has 17 heavy (non-hydrogen) atoms. The first kappa shape index (κ1) is 12.3. The SMILES string of the molecule is C=CC1CC(=O)N(c2c(Cl)cc(N)cc2Cl)C1. The molecule has 1 aromatic carbocycles. The first-order valence-electron chi connectivity index (χ1n) is 5.20. The van der Waals surface area contributed by atoms with Crippen molar-refractivity contribution in [3.8, 4) is 0 Å². The predicted molar refractivity (Wildman–Crippen MR) is 71.5 cm³/mol. The van der Waals surface area contributed by atoms with Crippen LogP contribution in [0.15, 0.2) is 24.8 Å². The van der Waals surface area contributed by atoms with Crippen molar-refractivity contribution in [1.29, 1.82) is 0 Å². The zero-order chi connectivity index (χ0) is 12.6. The van der Waals surface area contributed by atoms with Crippen LogP contribution in [0.5, 0.6) is 0 Å². The molecule has 1 unspecified atom stereocenters. The first-order chi connectivity index (χ1) is 8.02. The molecule has 1 atom stereocenters. The van der Waals surface area contributed by atoms with Crippen molar-refractivity contribution in [2.24, 2.45) is 5.92 Å². The monoisotopic (exact) mass is 270 g/mol. The number of rotatable bonds is 2. The summed E-state index contributed by atoms with van der Waals surface area (Å²) >= 11 is 12.2. The number of nitrogens with zero attached hydrogens (tertiary/aromatic N) is 1. The molecule has 0 saturated carbocycles. The molecule has 1 saturated heterocycles. The number of nitrogen functional groups attached to an aromatic ring is 1. The van der Waals surface area contributed by atoms with E-state index in [2.05, 4.69) is 6.58 Å². The highest BCUT2D eigenvalue weighted by molar-refractivity contribution is 6.40. The molecule has 1 aromatic rings. The zero-order valence-corrected chi connectivity index (χ0v) is 10.6. The molecule has 1 amide bonds. The molecule has 0 spiro atoms. The number of nitrogens with two attached hydrogens (primary N) is 1. The molecule has 0 radical (unpaired) electrons. The largest absolute Gasteiger partial charge is 0.399 e. The van der Waals surface area contributed by atoms with Gasteiger partial charge in [0, 0.05) is 24.6 Å². The average molecular weight is 271 g/mol. The van der Waals surface area contributed by atoms with Crippen molar-refractivity contribution in [1.82, 2.24) is 0 Å². The highest BCUT2D eigenvalue weighted by Gasteiger charge is 2.31. The number of carbonyl (C=O) groups excluding carboxylic acids is 1. The third-order valence-corrected chi connectivity index (χ3v) is 3.37. The van der Waals surface area contributed by atoms with Crippen LogP contribution in [-0.2, 0) is 4.79 Å². The van der Waals surface area contributed by atoms with Gasteiger partial charge in [0.05, 0.1) is 15.7 Å². The maximum atomic E-state index is 11.9. The van der Waals surface area contributed by atoms with Gasteiger partial charge in [-0.1, -0.05) is 29.3 Å². The summed E-state index contributed by atoms with van der Waals surface area (Å²) in [5, 5.41) is 0.793. The Morgan fingerprint density at radius 2 is 2.00 bits per heavy atom. The van der Waals surface area contributed by atoms with E-state index in [1.165, 1.54) is 0 Å². The third-order valence-electron chi connectivity index (χ3n) is 2.80. The summed E-state index contributed by atoms with van der Waals surface area (Å²) < 4.78 is 0. The lowest BCUT2D eigenvalue weighted by atomic mass is 10.1. The van der Waals surface area contributed by atoms with Crippen LogP contribution < -0.4 is 10.6 Å². The summed E-state index contributed by atoms with van der Waals surface area (Å²) in [5.74, 6) is 0.149. The Labute approximate surface area is 110 Å². The molecule has 5 heteroatoms. The smallest absolute Gasteiger partial charge is 0.227 e. The van der Waals surface area contributed by atoms with E-state index < -0.39 is 0 Å². The first-order valence-corrected chi connectivity index (χ1v) is 5.96. The van der Waals surface area contributed by atoms with Crippen LogP contribution in [0.25, 0.3) is 0 Å². The second-order valence-corrected chi connectivity index (χ2v) is 4.85. The van der Waals surface area contributed by atoms with Crippen LogP contribution in [0, 0.1) is 5.92 Å². The highest BCUT2D eigenvalue weighted by Crippen LogP contribution is 2.38. The van der Waals surface area contributed by atoms with Crippen LogP contribution in [-0.4, -0.2) is 12.5 Å². The molecule has 0 bridgehead atoms. The molecular formula is C12H12Cl2N2O. The van der Waals surface area contributed by atoms with Crippen LogP contribution in [0.1, 0.15) is 6.42 Å². The fraction of sp³-hybridized carbons (Fsp3) is 0.250. The minimum absolute atomic E-state index is 0.00321. The molecule has 1 heterocycles. The number of anilines is 2. The molecule has 3 nitrogen and oxygen atoms in total. The lowest BCUT2D eigenvalue weighted by molar-refractivity contribution is -0.117. The number of hydrogen-bond acceptors (Lipinski definition) is 2. The van der Waals surface area contributed by atoms with Gasteiger partial charge < -0.3 is 10.6 Å². The van der Waals surface area contributed by atoms with Gasteiger partial charge in [-0.25, -0.2) is 0 Å². The van der Waals surface area contributed by atoms with Gasteiger partial charge in [0.25, 0.3) is 0 Å². The van der Waals surface area contributed by atoms with E-state index in [4.69, 9.17) is 28.9 Å². The fourth-order valence-electron chi connectivity index (χ4n) is 1.95. The van der Waals surface area contributed by atoms with Crippen molar-refractivity contribution in [2.75, 3.05) is 17.2 Å². The summed E-state index contributed by atoms with van der Waals surface area (Å²) in [6, 6.07) is 3.19.